The molecule has 7 heteroatoms. The number of fused-ring (bicyclic) bond motifs is 3. The number of benzene rings is 1. The summed E-state index contributed by atoms with van der Waals surface area (Å²) in [7, 11) is 3.48. The van der Waals surface area contributed by atoms with Crippen molar-refractivity contribution in [1.82, 2.24) is 9.80 Å². The molecule has 2 spiro atoms. The highest BCUT2D eigenvalue weighted by molar-refractivity contribution is 5.93. The van der Waals surface area contributed by atoms with Crippen molar-refractivity contribution in [2.45, 2.75) is 36.6 Å². The summed E-state index contributed by atoms with van der Waals surface area (Å²) in [6.45, 7) is 2.47. The Morgan fingerprint density at radius 3 is 2.84 bits per heavy atom. The first kappa shape index (κ1) is 19.3. The summed E-state index contributed by atoms with van der Waals surface area (Å²) in [5, 5.41) is 0. The normalized spacial score (nSPS) is 34.9. The Morgan fingerprint density at radius 2 is 2.06 bits per heavy atom. The highest BCUT2D eigenvalue weighted by Gasteiger charge is 2.66. The second-order valence-electron chi connectivity index (χ2n) is 9.54. The zero-order valence-corrected chi connectivity index (χ0v) is 18.0. The minimum Gasteiger partial charge on any atom is -0.497 e. The molecule has 0 aromatic heterocycles. The number of hydrogen-bond donors (Lipinski definition) is 0. The van der Waals surface area contributed by atoms with Gasteiger partial charge in [0.1, 0.15) is 11.4 Å². The van der Waals surface area contributed by atoms with Gasteiger partial charge in [-0.05, 0) is 42.5 Å². The van der Waals surface area contributed by atoms with E-state index in [0.717, 1.165) is 25.0 Å². The fraction of sp³-hybridized carbons (Fsp3) is 0.583. The van der Waals surface area contributed by atoms with Gasteiger partial charge in [0.2, 0.25) is 11.8 Å². The topological polar surface area (TPSA) is 68.3 Å². The predicted molar refractivity (Wildman–Crippen MR) is 112 cm³/mol. The van der Waals surface area contributed by atoms with E-state index in [1.54, 1.807) is 19.1 Å². The van der Waals surface area contributed by atoms with Crippen LogP contribution in [0.1, 0.15) is 24.0 Å². The van der Waals surface area contributed by atoms with E-state index in [9.17, 15) is 9.59 Å². The Labute approximate surface area is 181 Å². The van der Waals surface area contributed by atoms with Gasteiger partial charge in [-0.25, -0.2) is 0 Å². The van der Waals surface area contributed by atoms with E-state index in [4.69, 9.17) is 14.2 Å². The lowest BCUT2D eigenvalue weighted by Gasteiger charge is -2.45. The van der Waals surface area contributed by atoms with Crippen LogP contribution in [0, 0.1) is 11.8 Å². The van der Waals surface area contributed by atoms with Gasteiger partial charge in [0, 0.05) is 20.1 Å². The number of ether oxygens (including phenoxy) is 3. The number of hydrogen-bond acceptors (Lipinski definition) is 5. The van der Waals surface area contributed by atoms with Crippen molar-refractivity contribution in [3.8, 4) is 5.75 Å². The monoisotopic (exact) mass is 424 g/mol. The van der Waals surface area contributed by atoms with Gasteiger partial charge in [-0.3, -0.25) is 9.59 Å². The third kappa shape index (κ3) is 2.59. The van der Waals surface area contributed by atoms with Gasteiger partial charge in [0.05, 0.1) is 43.8 Å². The molecule has 0 N–H and O–H groups in total. The van der Waals surface area contributed by atoms with Gasteiger partial charge in [-0.1, -0.05) is 18.2 Å². The van der Waals surface area contributed by atoms with Crippen LogP contribution in [0.2, 0.25) is 0 Å². The zero-order valence-electron chi connectivity index (χ0n) is 18.0. The third-order valence-corrected chi connectivity index (χ3v) is 8.01. The molecule has 7 nitrogen and oxygen atoms in total. The number of rotatable bonds is 2. The lowest BCUT2D eigenvalue weighted by molar-refractivity contribution is -0.149. The van der Waals surface area contributed by atoms with Crippen LogP contribution >= 0.6 is 0 Å². The van der Waals surface area contributed by atoms with Gasteiger partial charge in [-0.15, -0.1) is 0 Å². The SMILES string of the molecule is COc1ccc2c(c1)CCOC21CCN(C(=O)[C@H]2[C@@H]3C=C[C@@]4(CN(C)C(=O)[C@@H]24)O3)CC1. The molecule has 3 saturated heterocycles. The summed E-state index contributed by atoms with van der Waals surface area (Å²) < 4.78 is 17.9. The lowest BCUT2D eigenvalue weighted by Crippen LogP contribution is -2.52. The smallest absolute Gasteiger partial charge is 0.229 e. The van der Waals surface area contributed by atoms with E-state index in [1.165, 1.54) is 11.1 Å². The van der Waals surface area contributed by atoms with Crippen molar-refractivity contribution in [2.75, 3.05) is 40.4 Å². The largest absolute Gasteiger partial charge is 0.497 e. The van der Waals surface area contributed by atoms with E-state index >= 15 is 0 Å². The molecule has 5 aliphatic heterocycles. The van der Waals surface area contributed by atoms with Gasteiger partial charge in [-0.2, -0.15) is 0 Å². The first-order valence-electron chi connectivity index (χ1n) is 11.2. The van der Waals surface area contributed by atoms with E-state index in [1.807, 2.05) is 23.1 Å². The summed E-state index contributed by atoms with van der Waals surface area (Å²) in [6, 6.07) is 6.22. The molecule has 1 aromatic carbocycles. The molecule has 1 aromatic rings. The molecule has 0 radical (unpaired) electrons. The van der Waals surface area contributed by atoms with Gasteiger partial charge in [0.25, 0.3) is 0 Å². The molecule has 0 aliphatic carbocycles. The Kier molecular flexibility index (Phi) is 4.09. The van der Waals surface area contributed by atoms with Crippen molar-refractivity contribution in [2.24, 2.45) is 11.8 Å². The highest BCUT2D eigenvalue weighted by Crippen LogP contribution is 2.52. The molecule has 3 fully saturated rings. The average Bonchev–Trinajstić information content (AvgIpc) is 3.41. The summed E-state index contributed by atoms with van der Waals surface area (Å²) in [5.74, 6) is 0.130. The fourth-order valence-corrected chi connectivity index (χ4v) is 6.47. The van der Waals surface area contributed by atoms with Crippen LogP contribution in [-0.4, -0.2) is 73.7 Å². The van der Waals surface area contributed by atoms with Crippen LogP contribution in [0.25, 0.3) is 0 Å². The number of likely N-dealkylation sites (N-methyl/N-ethyl adjacent to an activating group) is 1. The summed E-state index contributed by atoms with van der Waals surface area (Å²) in [5.41, 5.74) is 1.55. The van der Waals surface area contributed by atoms with Crippen molar-refractivity contribution >= 4 is 11.8 Å². The number of nitrogens with zero attached hydrogens (tertiary/aromatic N) is 2. The summed E-state index contributed by atoms with van der Waals surface area (Å²) >= 11 is 0. The minimum atomic E-state index is -0.613. The maximum atomic E-state index is 13.6. The number of methoxy groups -OCH3 is 1. The Hall–Kier alpha value is -2.38. The third-order valence-electron chi connectivity index (χ3n) is 8.01. The number of carbonyl (C=O) groups excluding carboxylic acids is 2. The Morgan fingerprint density at radius 1 is 1.26 bits per heavy atom. The molecule has 4 atom stereocenters. The zero-order chi connectivity index (χ0) is 21.4. The van der Waals surface area contributed by atoms with Crippen LogP contribution in [0.15, 0.2) is 30.4 Å². The van der Waals surface area contributed by atoms with E-state index in [-0.39, 0.29) is 23.5 Å². The molecule has 5 aliphatic rings. The lowest BCUT2D eigenvalue weighted by atomic mass is 9.75. The second kappa shape index (κ2) is 6.56. The van der Waals surface area contributed by atoms with Crippen LogP contribution in [-0.2, 0) is 31.1 Å². The maximum Gasteiger partial charge on any atom is 0.229 e. The molecule has 2 amide bonds. The number of amides is 2. The van der Waals surface area contributed by atoms with Crippen LogP contribution in [0.3, 0.4) is 0 Å². The number of piperidine rings is 1. The van der Waals surface area contributed by atoms with Gasteiger partial charge in [0.15, 0.2) is 0 Å². The molecule has 5 heterocycles. The van der Waals surface area contributed by atoms with Crippen molar-refractivity contribution < 1.29 is 23.8 Å². The van der Waals surface area contributed by atoms with E-state index < -0.39 is 17.4 Å². The average molecular weight is 424 g/mol. The Balaban J connectivity index is 1.22. The minimum absolute atomic E-state index is 0.0252. The first-order valence-corrected chi connectivity index (χ1v) is 11.2. The highest BCUT2D eigenvalue weighted by atomic mass is 16.5. The summed E-state index contributed by atoms with van der Waals surface area (Å²) in [6.07, 6.45) is 6.09. The van der Waals surface area contributed by atoms with Gasteiger partial charge >= 0.3 is 0 Å². The van der Waals surface area contributed by atoms with Crippen molar-refractivity contribution in [3.63, 3.8) is 0 Å². The number of carbonyl (C=O) groups is 2. The van der Waals surface area contributed by atoms with E-state index in [2.05, 4.69) is 12.1 Å². The summed E-state index contributed by atoms with van der Waals surface area (Å²) in [4.78, 5) is 30.0. The van der Waals surface area contributed by atoms with Crippen LogP contribution < -0.4 is 4.74 Å². The molecule has 2 bridgehead atoms. The fourth-order valence-electron chi connectivity index (χ4n) is 6.47. The molecule has 6 rings (SSSR count). The van der Waals surface area contributed by atoms with E-state index in [0.29, 0.717) is 26.2 Å². The number of likely N-dealkylation sites (tertiary alicyclic amines) is 2. The molecular weight excluding hydrogens is 396 g/mol. The molecular formula is C24H28N2O5. The van der Waals surface area contributed by atoms with Crippen molar-refractivity contribution in [3.05, 3.63) is 41.5 Å². The maximum absolute atomic E-state index is 13.6. The second-order valence-corrected chi connectivity index (χ2v) is 9.54. The standard InChI is InChI=1S/C24H28N2O5/c1-25-14-24-7-5-18(31-24)19(20(24)22(25)28)21(27)26-10-8-23(9-11-26)17-4-3-16(29-2)13-15(17)6-12-30-23/h3-5,7,13,18-20H,6,8-12,14H2,1-2H3/t18-,19-,20+,24-/m0/s1. The molecule has 0 unspecified atom stereocenters. The quantitative estimate of drug-likeness (QED) is 0.673. The predicted octanol–water partition coefficient (Wildman–Crippen LogP) is 1.50. The molecule has 164 valence electrons. The Bertz CT molecular complexity index is 982. The van der Waals surface area contributed by atoms with Crippen LogP contribution in [0.5, 0.6) is 5.75 Å². The van der Waals surface area contributed by atoms with Gasteiger partial charge < -0.3 is 24.0 Å². The molecule has 0 saturated carbocycles. The first-order chi connectivity index (χ1) is 15.0. The van der Waals surface area contributed by atoms with Crippen LogP contribution in [0.4, 0.5) is 0 Å². The van der Waals surface area contributed by atoms with Crippen molar-refractivity contribution in [1.29, 1.82) is 0 Å². The molecule has 31 heavy (non-hydrogen) atoms.